The van der Waals surface area contributed by atoms with Gasteiger partial charge in [0.05, 0.1) is 5.56 Å². The molecule has 2 heterocycles. The van der Waals surface area contributed by atoms with Gasteiger partial charge in [0.1, 0.15) is 28.8 Å². The van der Waals surface area contributed by atoms with Crippen molar-refractivity contribution in [3.63, 3.8) is 0 Å². The number of halogens is 3. The molecule has 4 rings (SSSR count). The molecule has 3 N–H and O–H groups in total. The summed E-state index contributed by atoms with van der Waals surface area (Å²) < 4.78 is 43.9. The van der Waals surface area contributed by atoms with Crippen molar-refractivity contribution in [2.75, 3.05) is 6.61 Å². The zero-order valence-corrected chi connectivity index (χ0v) is 19.5. The minimum atomic E-state index is -1.01. The second-order valence-corrected chi connectivity index (χ2v) is 9.38. The van der Waals surface area contributed by atoms with E-state index in [-0.39, 0.29) is 42.7 Å². The van der Waals surface area contributed by atoms with Crippen molar-refractivity contribution in [1.82, 2.24) is 9.97 Å². The largest absolute Gasteiger partial charge is 0.396 e. The summed E-state index contributed by atoms with van der Waals surface area (Å²) in [5.41, 5.74) is 6.90. The first-order valence-corrected chi connectivity index (χ1v) is 11.7. The summed E-state index contributed by atoms with van der Waals surface area (Å²) in [6, 6.07) is 6.26. The molecule has 8 heteroatoms. The summed E-state index contributed by atoms with van der Waals surface area (Å²) in [5, 5.41) is 9.01. The van der Waals surface area contributed by atoms with Crippen LogP contribution in [0.2, 0.25) is 0 Å². The number of carbonyl (C=O) groups excluding carboxylic acids is 1. The standard InChI is InChI=1S/C27H28F3N3O2/c1-15-8-17(12-19(31)9-15)20-4-6-32-14-18(20)13-25(35)24-3-2-21(28)27(33-24)26-22(29)10-16(5-7-34)11-23(26)30/h2-4,6,10-11,14-15,17,19,34H,5,7-9,12-13,31H2,1H3/t15-,17+,19-/m0/s1. The molecular formula is C27H28F3N3O2. The monoisotopic (exact) mass is 483 g/mol. The van der Waals surface area contributed by atoms with Crippen LogP contribution < -0.4 is 5.73 Å². The number of aliphatic hydroxyl groups is 1. The Morgan fingerprint density at radius 1 is 1.09 bits per heavy atom. The van der Waals surface area contributed by atoms with Crippen LogP contribution in [-0.4, -0.2) is 33.5 Å². The summed E-state index contributed by atoms with van der Waals surface area (Å²) in [7, 11) is 0. The molecule has 184 valence electrons. The highest BCUT2D eigenvalue weighted by Gasteiger charge is 2.28. The van der Waals surface area contributed by atoms with Crippen LogP contribution in [-0.2, 0) is 12.8 Å². The van der Waals surface area contributed by atoms with Gasteiger partial charge in [-0.3, -0.25) is 9.78 Å². The Hall–Kier alpha value is -3.10. The maximum atomic E-state index is 14.7. The number of nitrogens with two attached hydrogens (primary N) is 1. The quantitative estimate of drug-likeness (QED) is 0.474. The van der Waals surface area contributed by atoms with E-state index in [4.69, 9.17) is 10.8 Å². The molecule has 2 aromatic heterocycles. The molecule has 0 aliphatic heterocycles. The summed E-state index contributed by atoms with van der Waals surface area (Å²) in [6.45, 7) is 1.88. The van der Waals surface area contributed by atoms with Gasteiger partial charge in [0.15, 0.2) is 5.78 Å². The van der Waals surface area contributed by atoms with Crippen LogP contribution in [0.15, 0.2) is 42.7 Å². The van der Waals surface area contributed by atoms with Crippen molar-refractivity contribution in [2.45, 2.75) is 51.0 Å². The van der Waals surface area contributed by atoms with Crippen LogP contribution in [0, 0.1) is 23.4 Å². The SMILES string of the molecule is C[C@@H]1C[C@H](N)C[C@H](c2ccncc2CC(=O)c2ccc(F)c(-c3c(F)cc(CCO)cc3F)n2)C1. The van der Waals surface area contributed by atoms with E-state index in [2.05, 4.69) is 16.9 Å². The van der Waals surface area contributed by atoms with Gasteiger partial charge in [-0.2, -0.15) is 0 Å². The predicted molar refractivity (Wildman–Crippen MR) is 126 cm³/mol. The number of Topliss-reactive ketones (excluding diaryl/α,β-unsaturated/α-hetero) is 1. The molecule has 1 aliphatic rings. The second kappa shape index (κ2) is 10.7. The highest BCUT2D eigenvalue weighted by atomic mass is 19.1. The van der Waals surface area contributed by atoms with Gasteiger partial charge in [0, 0.05) is 31.5 Å². The molecule has 0 saturated heterocycles. The van der Waals surface area contributed by atoms with Gasteiger partial charge in [-0.15, -0.1) is 0 Å². The Labute approximate surface area is 202 Å². The molecular weight excluding hydrogens is 455 g/mol. The number of carbonyl (C=O) groups is 1. The van der Waals surface area contributed by atoms with Gasteiger partial charge >= 0.3 is 0 Å². The Morgan fingerprint density at radius 2 is 1.83 bits per heavy atom. The van der Waals surface area contributed by atoms with Crippen molar-refractivity contribution < 1.29 is 23.1 Å². The fourth-order valence-corrected chi connectivity index (χ4v) is 5.06. The predicted octanol–water partition coefficient (Wildman–Crippen LogP) is 4.75. The van der Waals surface area contributed by atoms with E-state index in [1.165, 1.54) is 6.07 Å². The number of aliphatic hydroxyl groups excluding tert-OH is 1. The molecule has 1 fully saturated rings. The van der Waals surface area contributed by atoms with E-state index >= 15 is 0 Å². The highest BCUT2D eigenvalue weighted by Crippen LogP contribution is 2.37. The summed E-state index contributed by atoms with van der Waals surface area (Å²) in [6.07, 6.45) is 6.10. The van der Waals surface area contributed by atoms with Crippen molar-refractivity contribution in [2.24, 2.45) is 11.7 Å². The lowest BCUT2D eigenvalue weighted by molar-refractivity contribution is 0.0987. The number of pyridine rings is 2. The molecule has 1 aliphatic carbocycles. The fourth-order valence-electron chi connectivity index (χ4n) is 5.06. The van der Waals surface area contributed by atoms with E-state index in [0.29, 0.717) is 5.92 Å². The lowest BCUT2D eigenvalue weighted by Crippen LogP contribution is -2.31. The molecule has 5 nitrogen and oxygen atoms in total. The first-order valence-electron chi connectivity index (χ1n) is 11.7. The number of benzene rings is 1. The Kier molecular flexibility index (Phi) is 7.62. The van der Waals surface area contributed by atoms with Crippen LogP contribution in [0.4, 0.5) is 13.2 Å². The molecule has 35 heavy (non-hydrogen) atoms. The van der Waals surface area contributed by atoms with Crippen LogP contribution in [0.5, 0.6) is 0 Å². The fraction of sp³-hybridized carbons (Fsp3) is 0.370. The highest BCUT2D eigenvalue weighted by molar-refractivity contribution is 5.96. The number of hydrogen-bond donors (Lipinski definition) is 2. The average molecular weight is 484 g/mol. The Morgan fingerprint density at radius 3 is 2.51 bits per heavy atom. The smallest absolute Gasteiger partial charge is 0.185 e. The van der Waals surface area contributed by atoms with Gasteiger partial charge in [-0.05, 0) is 84.5 Å². The summed E-state index contributed by atoms with van der Waals surface area (Å²) >= 11 is 0. The van der Waals surface area contributed by atoms with Crippen molar-refractivity contribution in [1.29, 1.82) is 0 Å². The molecule has 3 atom stereocenters. The minimum Gasteiger partial charge on any atom is -0.396 e. The van der Waals surface area contributed by atoms with E-state index in [9.17, 15) is 18.0 Å². The van der Waals surface area contributed by atoms with E-state index in [0.717, 1.165) is 48.6 Å². The normalized spacial score (nSPS) is 20.1. The minimum absolute atomic E-state index is 0.0260. The third kappa shape index (κ3) is 5.60. The number of nitrogens with zero attached hydrogens (tertiary/aromatic N) is 2. The Balaban J connectivity index is 1.63. The van der Waals surface area contributed by atoms with Gasteiger partial charge in [0.2, 0.25) is 0 Å². The maximum Gasteiger partial charge on any atom is 0.185 e. The van der Waals surface area contributed by atoms with Crippen molar-refractivity contribution >= 4 is 5.78 Å². The second-order valence-electron chi connectivity index (χ2n) is 9.38. The summed E-state index contributed by atoms with van der Waals surface area (Å²) in [5.74, 6) is -2.70. The Bertz CT molecular complexity index is 1200. The van der Waals surface area contributed by atoms with Gasteiger partial charge in [-0.1, -0.05) is 6.92 Å². The third-order valence-electron chi connectivity index (χ3n) is 6.58. The molecule has 1 saturated carbocycles. The third-order valence-corrected chi connectivity index (χ3v) is 6.58. The molecule has 0 unspecified atom stereocenters. The molecule has 0 bridgehead atoms. The lowest BCUT2D eigenvalue weighted by Gasteiger charge is -2.32. The average Bonchev–Trinajstić information content (AvgIpc) is 2.79. The topological polar surface area (TPSA) is 89.1 Å². The van der Waals surface area contributed by atoms with E-state index in [1.807, 2.05) is 6.07 Å². The molecule has 0 radical (unpaired) electrons. The number of aromatic nitrogens is 2. The zero-order valence-electron chi connectivity index (χ0n) is 19.5. The maximum absolute atomic E-state index is 14.7. The number of rotatable bonds is 7. The molecule has 0 spiro atoms. The molecule has 0 amide bonds. The number of hydrogen-bond acceptors (Lipinski definition) is 5. The van der Waals surface area contributed by atoms with Crippen LogP contribution in [0.25, 0.3) is 11.3 Å². The van der Waals surface area contributed by atoms with E-state index < -0.39 is 34.5 Å². The van der Waals surface area contributed by atoms with Crippen LogP contribution >= 0.6 is 0 Å². The van der Waals surface area contributed by atoms with Gasteiger partial charge in [-0.25, -0.2) is 18.2 Å². The van der Waals surface area contributed by atoms with Crippen molar-refractivity contribution in [3.8, 4) is 11.3 Å². The molecule has 1 aromatic carbocycles. The number of ketones is 1. The first-order chi connectivity index (χ1) is 16.8. The lowest BCUT2D eigenvalue weighted by atomic mass is 9.75. The van der Waals surface area contributed by atoms with Crippen molar-refractivity contribution in [3.05, 3.63) is 82.6 Å². The van der Waals surface area contributed by atoms with Crippen LogP contribution in [0.3, 0.4) is 0 Å². The van der Waals surface area contributed by atoms with Crippen LogP contribution in [0.1, 0.15) is 59.3 Å². The zero-order chi connectivity index (χ0) is 25.1. The van der Waals surface area contributed by atoms with E-state index in [1.54, 1.807) is 12.4 Å². The van der Waals surface area contributed by atoms with Gasteiger partial charge < -0.3 is 10.8 Å². The van der Waals surface area contributed by atoms with Gasteiger partial charge in [0.25, 0.3) is 0 Å². The first kappa shape index (κ1) is 25.0. The molecule has 3 aromatic rings. The summed E-state index contributed by atoms with van der Waals surface area (Å²) in [4.78, 5) is 21.3.